The summed E-state index contributed by atoms with van der Waals surface area (Å²) in [6.07, 6.45) is 5.44. The van der Waals surface area contributed by atoms with Crippen LogP contribution in [-0.4, -0.2) is 28.3 Å². The van der Waals surface area contributed by atoms with Crippen LogP contribution in [0.5, 0.6) is 0 Å². The van der Waals surface area contributed by atoms with Gasteiger partial charge in [-0.2, -0.15) is 5.10 Å². The quantitative estimate of drug-likeness (QED) is 0.790. The highest BCUT2D eigenvalue weighted by atomic mass is 19.1. The highest BCUT2D eigenvalue weighted by Crippen LogP contribution is 2.33. The summed E-state index contributed by atoms with van der Waals surface area (Å²) in [5.41, 5.74) is 1.97. The molecule has 0 aliphatic carbocycles. The number of hydrogen-bond acceptors (Lipinski definition) is 4. The van der Waals surface area contributed by atoms with Crippen molar-refractivity contribution in [1.29, 1.82) is 0 Å². The molecule has 3 aromatic rings. The average Bonchev–Trinajstić information content (AvgIpc) is 3.08. The Kier molecular flexibility index (Phi) is 3.29. The number of fused-ring (bicyclic) bond motifs is 1. The molecule has 0 saturated carbocycles. The van der Waals surface area contributed by atoms with Gasteiger partial charge in [0.25, 0.3) is 5.56 Å². The van der Waals surface area contributed by atoms with Gasteiger partial charge in [0.05, 0.1) is 23.0 Å². The second-order valence-electron chi connectivity index (χ2n) is 5.68. The largest absolute Gasteiger partial charge is 0.370 e. The van der Waals surface area contributed by atoms with Gasteiger partial charge in [-0.1, -0.05) is 6.07 Å². The zero-order chi connectivity index (χ0) is 15.8. The molecule has 0 bridgehead atoms. The minimum atomic E-state index is -0.385. The van der Waals surface area contributed by atoms with Crippen molar-refractivity contribution in [3.63, 3.8) is 0 Å². The fraction of sp³-hybridized carbons (Fsp3) is 0.235. The summed E-state index contributed by atoms with van der Waals surface area (Å²) < 4.78 is 14.1. The molecule has 23 heavy (non-hydrogen) atoms. The fourth-order valence-electron chi connectivity index (χ4n) is 3.19. The Morgan fingerprint density at radius 1 is 1.22 bits per heavy atom. The first kappa shape index (κ1) is 13.9. The van der Waals surface area contributed by atoms with Crippen molar-refractivity contribution >= 4 is 16.6 Å². The first-order valence-corrected chi connectivity index (χ1v) is 7.61. The Morgan fingerprint density at radius 2 is 2.04 bits per heavy atom. The van der Waals surface area contributed by atoms with Crippen LogP contribution in [0.25, 0.3) is 22.0 Å². The van der Waals surface area contributed by atoms with Crippen LogP contribution < -0.4 is 10.5 Å². The molecule has 1 N–H and O–H groups in total. The van der Waals surface area contributed by atoms with E-state index in [2.05, 4.69) is 20.1 Å². The van der Waals surface area contributed by atoms with Crippen LogP contribution >= 0.6 is 0 Å². The molecule has 0 atom stereocenters. The predicted octanol–water partition coefficient (Wildman–Crippen LogP) is 2.72. The number of benzene rings is 1. The molecule has 3 heterocycles. The lowest BCUT2D eigenvalue weighted by atomic mass is 10.0. The van der Waals surface area contributed by atoms with E-state index in [1.165, 1.54) is 12.1 Å². The average molecular weight is 310 g/mol. The summed E-state index contributed by atoms with van der Waals surface area (Å²) in [5.74, 6) is -0.385. The third kappa shape index (κ3) is 2.36. The maximum atomic E-state index is 14.1. The van der Waals surface area contributed by atoms with Crippen LogP contribution in [0.3, 0.4) is 0 Å². The van der Waals surface area contributed by atoms with Crippen LogP contribution in [0.4, 0.5) is 10.1 Å². The van der Waals surface area contributed by atoms with Gasteiger partial charge in [-0.05, 0) is 31.0 Å². The van der Waals surface area contributed by atoms with Crippen molar-refractivity contribution in [2.24, 2.45) is 0 Å². The number of aromatic amines is 1. The van der Waals surface area contributed by atoms with Gasteiger partial charge in [0.1, 0.15) is 5.82 Å². The maximum Gasteiger partial charge on any atom is 0.274 e. The lowest BCUT2D eigenvalue weighted by Gasteiger charge is -2.20. The molecular formula is C17H15FN4O. The molecule has 5 nitrogen and oxygen atoms in total. The molecule has 1 aliphatic rings. The zero-order valence-electron chi connectivity index (χ0n) is 12.4. The van der Waals surface area contributed by atoms with Crippen LogP contribution in [-0.2, 0) is 0 Å². The number of aromatic nitrogens is 3. The lowest BCUT2D eigenvalue weighted by molar-refractivity contribution is 0.630. The van der Waals surface area contributed by atoms with E-state index in [1.54, 1.807) is 24.5 Å². The van der Waals surface area contributed by atoms with Gasteiger partial charge in [0.15, 0.2) is 0 Å². The van der Waals surface area contributed by atoms with Crippen molar-refractivity contribution in [3.05, 3.63) is 52.8 Å². The van der Waals surface area contributed by atoms with E-state index in [-0.39, 0.29) is 11.4 Å². The Hall–Kier alpha value is -2.76. The van der Waals surface area contributed by atoms with E-state index in [0.29, 0.717) is 22.0 Å². The highest BCUT2D eigenvalue weighted by molar-refractivity contribution is 5.96. The number of hydrogen-bond donors (Lipinski definition) is 1. The van der Waals surface area contributed by atoms with Gasteiger partial charge in [-0.3, -0.25) is 9.78 Å². The molecule has 1 aliphatic heterocycles. The molecular weight excluding hydrogens is 295 g/mol. The number of rotatable bonds is 2. The van der Waals surface area contributed by atoms with Crippen molar-refractivity contribution < 1.29 is 4.39 Å². The minimum Gasteiger partial charge on any atom is -0.370 e. The fourth-order valence-corrected chi connectivity index (χ4v) is 3.19. The van der Waals surface area contributed by atoms with Gasteiger partial charge in [-0.25, -0.2) is 9.49 Å². The third-order valence-corrected chi connectivity index (χ3v) is 4.22. The molecule has 1 fully saturated rings. The summed E-state index contributed by atoms with van der Waals surface area (Å²) in [7, 11) is 0. The van der Waals surface area contributed by atoms with Gasteiger partial charge < -0.3 is 4.90 Å². The summed E-state index contributed by atoms with van der Waals surface area (Å²) in [6, 6.07) is 6.35. The zero-order valence-corrected chi connectivity index (χ0v) is 12.4. The number of H-pyrrole nitrogens is 1. The van der Waals surface area contributed by atoms with Crippen LogP contribution in [0, 0.1) is 5.82 Å². The Labute approximate surface area is 131 Å². The summed E-state index contributed by atoms with van der Waals surface area (Å²) >= 11 is 0. The summed E-state index contributed by atoms with van der Waals surface area (Å²) in [4.78, 5) is 18.9. The smallest absolute Gasteiger partial charge is 0.274 e. The molecule has 6 heteroatoms. The number of pyridine rings is 1. The monoisotopic (exact) mass is 310 g/mol. The molecule has 116 valence electrons. The second kappa shape index (κ2) is 5.46. The second-order valence-corrected chi connectivity index (χ2v) is 5.68. The van der Waals surface area contributed by atoms with E-state index in [4.69, 9.17) is 0 Å². The number of nitrogens with one attached hydrogen (secondary N) is 1. The minimum absolute atomic E-state index is 0.327. The molecule has 2 aromatic heterocycles. The van der Waals surface area contributed by atoms with E-state index < -0.39 is 0 Å². The maximum absolute atomic E-state index is 14.1. The SMILES string of the molecule is O=c1[nH]ncc(N2CCCC2)c1-c1cc(F)cc2cccnc12. The van der Waals surface area contributed by atoms with Gasteiger partial charge in [0, 0.05) is 30.2 Å². The lowest BCUT2D eigenvalue weighted by Crippen LogP contribution is -2.23. The molecule has 4 rings (SSSR count). The first-order valence-electron chi connectivity index (χ1n) is 7.61. The Bertz CT molecular complexity index is 931. The standard InChI is InChI=1S/C17H15FN4O/c18-12-8-11-4-3-5-19-16(11)13(9-12)15-14(10-20-21-17(15)23)22-6-1-2-7-22/h3-5,8-10H,1-2,6-7H2,(H,21,23). The van der Waals surface area contributed by atoms with Crippen LogP contribution in [0.15, 0.2) is 41.5 Å². The van der Waals surface area contributed by atoms with Gasteiger partial charge in [-0.15, -0.1) is 0 Å². The molecule has 1 aromatic carbocycles. The van der Waals surface area contributed by atoms with Crippen molar-refractivity contribution in [2.75, 3.05) is 18.0 Å². The molecule has 1 saturated heterocycles. The topological polar surface area (TPSA) is 61.9 Å². The normalized spacial score (nSPS) is 14.6. The van der Waals surface area contributed by atoms with Gasteiger partial charge >= 0.3 is 0 Å². The summed E-state index contributed by atoms with van der Waals surface area (Å²) in [6.45, 7) is 1.75. The molecule has 0 amide bonds. The molecule has 0 spiro atoms. The first-order chi connectivity index (χ1) is 11.2. The van der Waals surface area contributed by atoms with E-state index in [0.717, 1.165) is 31.6 Å². The number of nitrogens with zero attached hydrogens (tertiary/aromatic N) is 3. The predicted molar refractivity (Wildman–Crippen MR) is 87.0 cm³/mol. The highest BCUT2D eigenvalue weighted by Gasteiger charge is 2.21. The van der Waals surface area contributed by atoms with E-state index >= 15 is 0 Å². The number of halogens is 1. The molecule has 0 radical (unpaired) electrons. The van der Waals surface area contributed by atoms with Crippen LogP contribution in [0.1, 0.15) is 12.8 Å². The third-order valence-electron chi connectivity index (χ3n) is 4.22. The van der Waals surface area contributed by atoms with Crippen molar-refractivity contribution in [1.82, 2.24) is 15.2 Å². The number of anilines is 1. The Balaban J connectivity index is 2.03. The van der Waals surface area contributed by atoms with Crippen LogP contribution in [0.2, 0.25) is 0 Å². The van der Waals surface area contributed by atoms with E-state index in [1.807, 2.05) is 0 Å². The summed E-state index contributed by atoms with van der Waals surface area (Å²) in [5, 5.41) is 7.06. The van der Waals surface area contributed by atoms with Crippen molar-refractivity contribution in [2.45, 2.75) is 12.8 Å². The van der Waals surface area contributed by atoms with Crippen molar-refractivity contribution in [3.8, 4) is 11.1 Å². The Morgan fingerprint density at radius 3 is 2.87 bits per heavy atom. The van der Waals surface area contributed by atoms with E-state index in [9.17, 15) is 9.18 Å². The molecule has 0 unspecified atom stereocenters. The van der Waals surface area contributed by atoms with Gasteiger partial charge in [0.2, 0.25) is 0 Å².